The van der Waals surface area contributed by atoms with Gasteiger partial charge in [0.1, 0.15) is 23.8 Å². The molecule has 0 bridgehead atoms. The lowest BCUT2D eigenvalue weighted by Gasteiger charge is -2.33. The van der Waals surface area contributed by atoms with E-state index in [-0.39, 0.29) is 19.0 Å². The zero-order chi connectivity index (χ0) is 18.5. The van der Waals surface area contributed by atoms with Crippen LogP contribution < -0.4 is 10.6 Å². The van der Waals surface area contributed by atoms with E-state index < -0.39 is 29.3 Å². The van der Waals surface area contributed by atoms with Gasteiger partial charge in [-0.1, -0.05) is 0 Å². The molecule has 0 radical (unpaired) electrons. The minimum Gasteiger partial charge on any atom is -0.459 e. The summed E-state index contributed by atoms with van der Waals surface area (Å²) in [6.07, 6.45) is -0.582. The predicted molar refractivity (Wildman–Crippen MR) is 88.5 cm³/mol. The van der Waals surface area contributed by atoms with Crippen LogP contribution in [0.25, 0.3) is 0 Å². The molecule has 1 fully saturated rings. The third kappa shape index (κ3) is 7.63. The van der Waals surface area contributed by atoms with Crippen LogP contribution in [0.3, 0.4) is 0 Å². The van der Waals surface area contributed by atoms with E-state index in [1.807, 2.05) is 0 Å². The van der Waals surface area contributed by atoms with Gasteiger partial charge in [0.05, 0.1) is 0 Å². The van der Waals surface area contributed by atoms with Crippen molar-refractivity contribution in [3.05, 3.63) is 0 Å². The SMILES string of the molecule is CC(C)(C)OC(=O)CN1CCN[C@@H](CNC(=O)OC(C)(C)C)C1=O. The zero-order valence-electron chi connectivity index (χ0n) is 15.4. The van der Waals surface area contributed by atoms with Crippen molar-refractivity contribution in [2.45, 2.75) is 58.8 Å². The van der Waals surface area contributed by atoms with Gasteiger partial charge >= 0.3 is 12.1 Å². The molecule has 0 unspecified atom stereocenters. The van der Waals surface area contributed by atoms with Crippen LogP contribution in [0.4, 0.5) is 4.79 Å². The fourth-order valence-corrected chi connectivity index (χ4v) is 2.14. The van der Waals surface area contributed by atoms with Gasteiger partial charge < -0.3 is 25.0 Å². The Labute approximate surface area is 143 Å². The number of hydrogen-bond acceptors (Lipinski definition) is 6. The maximum Gasteiger partial charge on any atom is 0.407 e. The molecule has 24 heavy (non-hydrogen) atoms. The molecule has 1 aliphatic heterocycles. The molecule has 0 aromatic heterocycles. The second-order valence-corrected chi connectivity index (χ2v) is 7.74. The molecule has 0 aromatic carbocycles. The molecule has 0 aromatic rings. The Balaban J connectivity index is 2.50. The van der Waals surface area contributed by atoms with Crippen molar-refractivity contribution in [1.82, 2.24) is 15.5 Å². The van der Waals surface area contributed by atoms with E-state index in [1.54, 1.807) is 41.5 Å². The monoisotopic (exact) mass is 343 g/mol. The Kier molecular flexibility index (Phi) is 6.59. The highest BCUT2D eigenvalue weighted by atomic mass is 16.6. The lowest BCUT2D eigenvalue weighted by atomic mass is 10.2. The number of carbonyl (C=O) groups is 3. The Morgan fingerprint density at radius 3 is 2.29 bits per heavy atom. The smallest absolute Gasteiger partial charge is 0.407 e. The summed E-state index contributed by atoms with van der Waals surface area (Å²) in [4.78, 5) is 37.4. The van der Waals surface area contributed by atoms with Gasteiger partial charge in [0, 0.05) is 19.6 Å². The maximum absolute atomic E-state index is 12.4. The molecule has 1 aliphatic rings. The standard InChI is InChI=1S/C16H29N3O5/c1-15(2,3)23-12(20)10-19-8-7-17-11(13(19)21)9-18-14(22)24-16(4,5)6/h11,17H,7-10H2,1-6H3,(H,18,22)/t11-/m0/s1. The summed E-state index contributed by atoms with van der Waals surface area (Å²) in [5, 5.41) is 5.59. The minimum absolute atomic E-state index is 0.0958. The van der Waals surface area contributed by atoms with E-state index in [9.17, 15) is 14.4 Å². The van der Waals surface area contributed by atoms with Gasteiger partial charge in [-0.15, -0.1) is 0 Å². The van der Waals surface area contributed by atoms with Crippen molar-refractivity contribution in [2.24, 2.45) is 0 Å². The fourth-order valence-electron chi connectivity index (χ4n) is 2.14. The average Bonchev–Trinajstić information content (AvgIpc) is 2.35. The third-order valence-electron chi connectivity index (χ3n) is 2.97. The zero-order valence-corrected chi connectivity index (χ0v) is 15.4. The van der Waals surface area contributed by atoms with Crippen molar-refractivity contribution in [3.8, 4) is 0 Å². The van der Waals surface area contributed by atoms with Gasteiger partial charge in [-0.3, -0.25) is 9.59 Å². The first-order chi connectivity index (χ1) is 10.9. The van der Waals surface area contributed by atoms with E-state index >= 15 is 0 Å². The van der Waals surface area contributed by atoms with Crippen LogP contribution in [0.15, 0.2) is 0 Å². The molecule has 0 spiro atoms. The largest absolute Gasteiger partial charge is 0.459 e. The average molecular weight is 343 g/mol. The number of ether oxygens (including phenoxy) is 2. The molecule has 0 saturated carbocycles. The van der Waals surface area contributed by atoms with Crippen LogP contribution in [-0.2, 0) is 19.1 Å². The second-order valence-electron chi connectivity index (χ2n) is 7.74. The topological polar surface area (TPSA) is 97.0 Å². The van der Waals surface area contributed by atoms with Crippen molar-refractivity contribution < 1.29 is 23.9 Å². The summed E-state index contributed by atoms with van der Waals surface area (Å²) in [7, 11) is 0. The van der Waals surface area contributed by atoms with Gasteiger partial charge in [0.15, 0.2) is 0 Å². The van der Waals surface area contributed by atoms with Crippen LogP contribution in [-0.4, -0.2) is 66.3 Å². The molecule has 2 N–H and O–H groups in total. The molecule has 1 rings (SSSR count). The lowest BCUT2D eigenvalue weighted by molar-refractivity contribution is -0.159. The van der Waals surface area contributed by atoms with Gasteiger partial charge in [-0.2, -0.15) is 0 Å². The summed E-state index contributed by atoms with van der Waals surface area (Å²) in [6.45, 7) is 11.6. The molecule has 138 valence electrons. The van der Waals surface area contributed by atoms with Crippen LogP contribution in [0.1, 0.15) is 41.5 Å². The summed E-state index contributed by atoms with van der Waals surface area (Å²) >= 11 is 0. The number of amides is 2. The first kappa shape index (κ1) is 20.2. The van der Waals surface area contributed by atoms with E-state index in [0.29, 0.717) is 13.1 Å². The van der Waals surface area contributed by atoms with E-state index in [2.05, 4.69) is 10.6 Å². The van der Waals surface area contributed by atoms with Crippen molar-refractivity contribution in [2.75, 3.05) is 26.2 Å². The quantitative estimate of drug-likeness (QED) is 0.728. The maximum atomic E-state index is 12.4. The Bertz CT molecular complexity index is 479. The van der Waals surface area contributed by atoms with Crippen LogP contribution >= 0.6 is 0 Å². The summed E-state index contributed by atoms with van der Waals surface area (Å²) < 4.78 is 10.4. The summed E-state index contributed by atoms with van der Waals surface area (Å²) in [5.41, 5.74) is -1.19. The number of rotatable bonds is 4. The van der Waals surface area contributed by atoms with Crippen molar-refractivity contribution >= 4 is 18.0 Å². The molecular weight excluding hydrogens is 314 g/mol. The normalized spacial score (nSPS) is 19.0. The highest BCUT2D eigenvalue weighted by molar-refractivity contribution is 5.87. The molecule has 1 atom stereocenters. The number of hydrogen-bond donors (Lipinski definition) is 2. The Hall–Kier alpha value is -1.83. The van der Waals surface area contributed by atoms with Crippen molar-refractivity contribution in [3.63, 3.8) is 0 Å². The Morgan fingerprint density at radius 2 is 1.75 bits per heavy atom. The van der Waals surface area contributed by atoms with E-state index in [0.717, 1.165) is 0 Å². The van der Waals surface area contributed by atoms with Crippen LogP contribution in [0, 0.1) is 0 Å². The summed E-state index contributed by atoms with van der Waals surface area (Å²) in [5.74, 6) is -0.695. The first-order valence-corrected chi connectivity index (χ1v) is 8.08. The fraction of sp³-hybridized carbons (Fsp3) is 0.812. The number of piperazine rings is 1. The highest BCUT2D eigenvalue weighted by Crippen LogP contribution is 2.09. The van der Waals surface area contributed by atoms with E-state index in [1.165, 1.54) is 4.90 Å². The number of nitrogens with zero attached hydrogens (tertiary/aromatic N) is 1. The first-order valence-electron chi connectivity index (χ1n) is 8.08. The molecule has 1 heterocycles. The number of carbonyl (C=O) groups excluding carboxylic acids is 3. The van der Waals surface area contributed by atoms with Crippen LogP contribution in [0.5, 0.6) is 0 Å². The van der Waals surface area contributed by atoms with Crippen molar-refractivity contribution in [1.29, 1.82) is 0 Å². The van der Waals surface area contributed by atoms with Gasteiger partial charge in [-0.05, 0) is 41.5 Å². The number of esters is 1. The molecular formula is C16H29N3O5. The van der Waals surface area contributed by atoms with E-state index in [4.69, 9.17) is 9.47 Å². The highest BCUT2D eigenvalue weighted by Gasteiger charge is 2.31. The minimum atomic E-state index is -0.600. The van der Waals surface area contributed by atoms with Crippen LogP contribution in [0.2, 0.25) is 0 Å². The third-order valence-corrected chi connectivity index (χ3v) is 2.97. The molecule has 8 nitrogen and oxygen atoms in total. The Morgan fingerprint density at radius 1 is 1.17 bits per heavy atom. The number of alkyl carbamates (subject to hydrolysis) is 1. The second kappa shape index (κ2) is 7.83. The molecule has 1 saturated heterocycles. The molecule has 2 amide bonds. The predicted octanol–water partition coefficient (Wildman–Crippen LogP) is 0.653. The van der Waals surface area contributed by atoms with Gasteiger partial charge in [0.2, 0.25) is 5.91 Å². The lowest BCUT2D eigenvalue weighted by Crippen LogP contribution is -2.59. The van der Waals surface area contributed by atoms with Gasteiger partial charge in [-0.25, -0.2) is 4.79 Å². The number of nitrogens with one attached hydrogen (secondary N) is 2. The summed E-state index contributed by atoms with van der Waals surface area (Å²) in [6, 6.07) is -0.589. The molecule has 8 heteroatoms. The van der Waals surface area contributed by atoms with Gasteiger partial charge in [0.25, 0.3) is 0 Å². The molecule has 0 aliphatic carbocycles.